The first-order chi connectivity index (χ1) is 24.8. The van der Waals surface area contributed by atoms with E-state index in [9.17, 15) is 0 Å². The van der Waals surface area contributed by atoms with E-state index in [0.29, 0.717) is 17.5 Å². The van der Waals surface area contributed by atoms with Crippen LogP contribution >= 0.6 is 0 Å². The Morgan fingerprint density at radius 2 is 0.960 bits per heavy atom. The van der Waals surface area contributed by atoms with Crippen molar-refractivity contribution in [2.24, 2.45) is 0 Å². The summed E-state index contributed by atoms with van der Waals surface area (Å²) in [6, 6.07) is 54.9. The molecule has 5 nitrogen and oxygen atoms in total. The standard InChI is InChI=1S/C45H26N4O/c1-2-9-30(10-3-1)43-46-44(31-21-24-32(25-22-31)49-36-14-6-4-12-33(36)34-13-5-7-15-37(34)49)48-45(47-43)35-26-23-29-20-19-28-18-17-27-11-8-16-38-39(27)40(28)41(29)42(35)50-38/h1-26H. The second-order valence-electron chi connectivity index (χ2n) is 12.8. The Hall–Kier alpha value is -6.85. The third kappa shape index (κ3) is 3.92. The SMILES string of the molecule is c1ccc(-c2nc(-c3ccc(-n4c5ccccc5c5ccccc54)cc3)nc(-c3ccc4ccc5ccc6cccc7c6c5c4c3O7)n2)cc1. The number of ether oxygens (including phenoxy) is 1. The van der Waals surface area contributed by atoms with Crippen molar-refractivity contribution in [1.29, 1.82) is 0 Å². The number of nitrogens with zero attached hydrogens (tertiary/aromatic N) is 4. The Balaban J connectivity index is 1.11. The molecule has 0 atom stereocenters. The van der Waals surface area contributed by atoms with E-state index < -0.39 is 0 Å². The topological polar surface area (TPSA) is 52.8 Å². The smallest absolute Gasteiger partial charge is 0.167 e. The lowest BCUT2D eigenvalue weighted by Gasteiger charge is -2.22. The van der Waals surface area contributed by atoms with Crippen LogP contribution in [0.1, 0.15) is 0 Å². The number of rotatable bonds is 4. The number of hydrogen-bond acceptors (Lipinski definition) is 4. The van der Waals surface area contributed by atoms with Crippen LogP contribution in [0.5, 0.6) is 11.5 Å². The Morgan fingerprint density at radius 3 is 1.66 bits per heavy atom. The predicted molar refractivity (Wildman–Crippen MR) is 203 cm³/mol. The van der Waals surface area contributed by atoms with Gasteiger partial charge in [-0.1, -0.05) is 109 Å². The molecule has 50 heavy (non-hydrogen) atoms. The molecule has 0 amide bonds. The van der Waals surface area contributed by atoms with Gasteiger partial charge < -0.3 is 9.30 Å². The zero-order valence-corrected chi connectivity index (χ0v) is 26.7. The number of hydrogen-bond donors (Lipinski definition) is 0. The normalized spacial score (nSPS) is 12.2. The molecule has 3 heterocycles. The summed E-state index contributed by atoms with van der Waals surface area (Å²) in [5, 5.41) is 9.38. The van der Waals surface area contributed by atoms with Gasteiger partial charge in [-0.3, -0.25) is 0 Å². The minimum Gasteiger partial charge on any atom is -0.455 e. The van der Waals surface area contributed by atoms with Crippen LogP contribution in [0.3, 0.4) is 0 Å². The van der Waals surface area contributed by atoms with Gasteiger partial charge in [-0.05, 0) is 64.7 Å². The maximum absolute atomic E-state index is 6.79. The zero-order valence-electron chi connectivity index (χ0n) is 26.7. The van der Waals surface area contributed by atoms with Gasteiger partial charge in [0, 0.05) is 43.7 Å². The molecule has 0 spiro atoms. The molecule has 0 N–H and O–H groups in total. The average Bonchev–Trinajstić information content (AvgIpc) is 3.52. The Bertz CT molecular complexity index is 2940. The van der Waals surface area contributed by atoms with Gasteiger partial charge in [0.15, 0.2) is 17.5 Å². The summed E-state index contributed by atoms with van der Waals surface area (Å²) in [5.74, 6) is 3.41. The predicted octanol–water partition coefficient (Wildman–Crippen LogP) is 11.5. The van der Waals surface area contributed by atoms with Gasteiger partial charge in [-0.2, -0.15) is 0 Å². The summed E-state index contributed by atoms with van der Waals surface area (Å²) < 4.78 is 9.10. The number of para-hydroxylation sites is 2. The fraction of sp³-hybridized carbons (Fsp3) is 0. The first-order valence-electron chi connectivity index (χ1n) is 16.8. The monoisotopic (exact) mass is 638 g/mol. The largest absolute Gasteiger partial charge is 0.455 e. The summed E-state index contributed by atoms with van der Waals surface area (Å²) in [5.41, 5.74) is 6.08. The van der Waals surface area contributed by atoms with Crippen molar-refractivity contribution in [3.05, 3.63) is 158 Å². The van der Waals surface area contributed by atoms with Crippen LogP contribution < -0.4 is 4.74 Å². The zero-order chi connectivity index (χ0) is 32.8. The molecule has 0 radical (unpaired) electrons. The van der Waals surface area contributed by atoms with Crippen molar-refractivity contribution in [2.75, 3.05) is 0 Å². The van der Waals surface area contributed by atoms with Gasteiger partial charge in [0.05, 0.1) is 16.6 Å². The molecule has 1 aliphatic heterocycles. The van der Waals surface area contributed by atoms with Crippen molar-refractivity contribution in [2.45, 2.75) is 0 Å². The fourth-order valence-corrected chi connectivity index (χ4v) is 7.72. The van der Waals surface area contributed by atoms with Crippen molar-refractivity contribution >= 4 is 54.1 Å². The lowest BCUT2D eigenvalue weighted by atomic mass is 9.92. The molecule has 232 valence electrons. The summed E-state index contributed by atoms with van der Waals surface area (Å²) in [7, 11) is 0. The molecule has 0 saturated heterocycles. The molecule has 8 aromatic carbocycles. The van der Waals surface area contributed by atoms with Gasteiger partial charge in [0.25, 0.3) is 0 Å². The first kappa shape index (κ1) is 27.1. The third-order valence-corrected chi connectivity index (χ3v) is 10.0. The molecule has 10 aromatic rings. The van der Waals surface area contributed by atoms with Gasteiger partial charge in [0.2, 0.25) is 0 Å². The van der Waals surface area contributed by atoms with Crippen molar-refractivity contribution in [1.82, 2.24) is 19.5 Å². The van der Waals surface area contributed by atoms with E-state index in [1.54, 1.807) is 0 Å². The summed E-state index contributed by atoms with van der Waals surface area (Å²) in [6.45, 7) is 0. The highest BCUT2D eigenvalue weighted by Gasteiger charge is 2.24. The lowest BCUT2D eigenvalue weighted by Crippen LogP contribution is -2.03. The summed E-state index contributed by atoms with van der Waals surface area (Å²) in [4.78, 5) is 15.3. The quantitative estimate of drug-likeness (QED) is 0.180. The van der Waals surface area contributed by atoms with Crippen LogP contribution in [0.2, 0.25) is 0 Å². The van der Waals surface area contributed by atoms with E-state index in [0.717, 1.165) is 55.4 Å². The molecule has 2 aromatic heterocycles. The second kappa shape index (κ2) is 10.3. The molecule has 0 unspecified atom stereocenters. The average molecular weight is 639 g/mol. The van der Waals surface area contributed by atoms with Gasteiger partial charge in [0.1, 0.15) is 11.5 Å². The van der Waals surface area contributed by atoms with Crippen LogP contribution in [0.25, 0.3) is 94.0 Å². The molecular formula is C45H26N4O. The van der Waals surface area contributed by atoms with Crippen LogP contribution in [0, 0.1) is 0 Å². The van der Waals surface area contributed by atoms with E-state index in [1.807, 2.05) is 36.4 Å². The highest BCUT2D eigenvalue weighted by molar-refractivity contribution is 6.26. The minimum atomic E-state index is 0.570. The fourth-order valence-electron chi connectivity index (χ4n) is 7.72. The van der Waals surface area contributed by atoms with Gasteiger partial charge in [-0.15, -0.1) is 0 Å². The maximum Gasteiger partial charge on any atom is 0.167 e. The first-order valence-corrected chi connectivity index (χ1v) is 16.8. The van der Waals surface area contributed by atoms with E-state index in [-0.39, 0.29) is 0 Å². The Labute approximate surface area is 286 Å². The molecule has 1 aliphatic rings. The van der Waals surface area contributed by atoms with Crippen LogP contribution in [0.15, 0.2) is 158 Å². The van der Waals surface area contributed by atoms with E-state index in [4.69, 9.17) is 19.7 Å². The molecule has 11 rings (SSSR count). The van der Waals surface area contributed by atoms with Crippen LogP contribution in [-0.2, 0) is 0 Å². The second-order valence-corrected chi connectivity index (χ2v) is 12.8. The van der Waals surface area contributed by atoms with Gasteiger partial charge in [-0.25, -0.2) is 15.0 Å². The molecular weight excluding hydrogens is 613 g/mol. The Kier molecular flexibility index (Phi) is 5.60. The van der Waals surface area contributed by atoms with Crippen LogP contribution in [0.4, 0.5) is 0 Å². The van der Waals surface area contributed by atoms with E-state index in [1.165, 1.54) is 32.6 Å². The third-order valence-electron chi connectivity index (χ3n) is 10.0. The summed E-state index contributed by atoms with van der Waals surface area (Å²) >= 11 is 0. The molecule has 0 saturated carbocycles. The Morgan fingerprint density at radius 1 is 0.400 bits per heavy atom. The van der Waals surface area contributed by atoms with Crippen LogP contribution in [-0.4, -0.2) is 19.5 Å². The van der Waals surface area contributed by atoms with Gasteiger partial charge >= 0.3 is 0 Å². The summed E-state index contributed by atoms with van der Waals surface area (Å²) in [6.07, 6.45) is 0. The highest BCUT2D eigenvalue weighted by Crippen LogP contribution is 2.50. The van der Waals surface area contributed by atoms with Crippen molar-refractivity contribution < 1.29 is 4.74 Å². The molecule has 0 aliphatic carbocycles. The van der Waals surface area contributed by atoms with E-state index >= 15 is 0 Å². The molecule has 5 heteroatoms. The molecule has 0 bridgehead atoms. The minimum absolute atomic E-state index is 0.570. The maximum atomic E-state index is 6.79. The van der Waals surface area contributed by atoms with Crippen molar-refractivity contribution in [3.8, 4) is 51.3 Å². The number of benzene rings is 8. The van der Waals surface area contributed by atoms with Crippen molar-refractivity contribution in [3.63, 3.8) is 0 Å². The number of fused-ring (bicyclic) bond motifs is 3. The molecule has 0 fully saturated rings. The lowest BCUT2D eigenvalue weighted by molar-refractivity contribution is 0.494. The highest BCUT2D eigenvalue weighted by atomic mass is 16.5. The van der Waals surface area contributed by atoms with E-state index in [2.05, 4.69) is 126 Å². The number of aromatic nitrogens is 4.